The summed E-state index contributed by atoms with van der Waals surface area (Å²) in [6.45, 7) is 5.05. The number of aryl methyl sites for hydroxylation is 2. The van der Waals surface area contributed by atoms with E-state index in [1.165, 1.54) is 31.2 Å². The summed E-state index contributed by atoms with van der Waals surface area (Å²) in [6, 6.07) is 11.2. The molecule has 0 fully saturated rings. The Morgan fingerprint density at radius 1 is 1.15 bits per heavy atom. The summed E-state index contributed by atoms with van der Waals surface area (Å²) < 4.78 is 5.41. The molecule has 1 atom stereocenters. The lowest BCUT2D eigenvalue weighted by atomic mass is 10.1. The number of non-ortho nitro benzene ring substituents is 1. The summed E-state index contributed by atoms with van der Waals surface area (Å²) in [4.78, 5) is 34.4. The van der Waals surface area contributed by atoms with Crippen LogP contribution >= 0.6 is 0 Å². The van der Waals surface area contributed by atoms with Crippen molar-refractivity contribution in [2.75, 3.05) is 11.9 Å². The van der Waals surface area contributed by atoms with Gasteiger partial charge in [-0.25, -0.2) is 0 Å². The van der Waals surface area contributed by atoms with E-state index in [4.69, 9.17) is 4.74 Å². The minimum absolute atomic E-state index is 0.131. The number of para-hydroxylation sites is 1. The van der Waals surface area contributed by atoms with E-state index >= 15 is 0 Å². The van der Waals surface area contributed by atoms with Crippen molar-refractivity contribution in [1.29, 1.82) is 0 Å². The number of hydrogen-bond acceptors (Lipinski definition) is 5. The molecule has 0 bridgehead atoms. The molecular formula is C19H21N3O5. The molecule has 142 valence electrons. The maximum atomic E-state index is 12.1. The summed E-state index contributed by atoms with van der Waals surface area (Å²) in [5, 5.41) is 16.0. The molecule has 0 unspecified atom stereocenters. The van der Waals surface area contributed by atoms with Gasteiger partial charge in [0.15, 0.2) is 6.10 Å². The minimum atomic E-state index is -0.917. The average Bonchev–Trinajstić information content (AvgIpc) is 2.63. The van der Waals surface area contributed by atoms with Crippen LogP contribution in [0, 0.1) is 24.0 Å². The van der Waals surface area contributed by atoms with Crippen LogP contribution in [0.4, 0.5) is 11.4 Å². The number of carbonyl (C=O) groups excluding carboxylic acids is 2. The number of nitro benzene ring substituents is 1. The van der Waals surface area contributed by atoms with Gasteiger partial charge in [-0.05, 0) is 38.0 Å². The van der Waals surface area contributed by atoms with Crippen molar-refractivity contribution in [2.45, 2.75) is 26.9 Å². The van der Waals surface area contributed by atoms with Crippen molar-refractivity contribution in [3.05, 3.63) is 63.7 Å². The van der Waals surface area contributed by atoms with Crippen molar-refractivity contribution in [2.24, 2.45) is 0 Å². The number of rotatable bonds is 7. The quantitative estimate of drug-likeness (QED) is 0.574. The van der Waals surface area contributed by atoms with Crippen LogP contribution in [0.3, 0.4) is 0 Å². The van der Waals surface area contributed by atoms with E-state index in [0.717, 1.165) is 16.8 Å². The zero-order valence-corrected chi connectivity index (χ0v) is 15.3. The van der Waals surface area contributed by atoms with Gasteiger partial charge in [-0.3, -0.25) is 19.7 Å². The van der Waals surface area contributed by atoms with E-state index in [-0.39, 0.29) is 23.9 Å². The molecule has 27 heavy (non-hydrogen) atoms. The molecule has 0 aliphatic carbocycles. The fraction of sp³-hybridized carbons (Fsp3) is 0.263. The second-order valence-electron chi connectivity index (χ2n) is 6.05. The van der Waals surface area contributed by atoms with Crippen LogP contribution < -0.4 is 15.4 Å². The van der Waals surface area contributed by atoms with Crippen LogP contribution in [0.5, 0.6) is 5.75 Å². The second kappa shape index (κ2) is 8.79. The Hall–Kier alpha value is -3.42. The molecular weight excluding hydrogens is 350 g/mol. The molecule has 2 N–H and O–H groups in total. The van der Waals surface area contributed by atoms with E-state index in [2.05, 4.69) is 10.6 Å². The molecule has 0 saturated heterocycles. The molecule has 0 aliphatic rings. The lowest BCUT2D eigenvalue weighted by Crippen LogP contribution is -2.40. The van der Waals surface area contributed by atoms with Gasteiger partial charge < -0.3 is 15.4 Å². The monoisotopic (exact) mass is 371 g/mol. The number of carbonyl (C=O) groups is 2. The highest BCUT2D eigenvalue weighted by Gasteiger charge is 2.17. The lowest BCUT2D eigenvalue weighted by Gasteiger charge is -2.15. The summed E-state index contributed by atoms with van der Waals surface area (Å²) in [5.41, 5.74) is 2.44. The first-order valence-corrected chi connectivity index (χ1v) is 8.33. The normalized spacial score (nSPS) is 11.4. The van der Waals surface area contributed by atoms with Crippen LogP contribution in [0.2, 0.25) is 0 Å². The third-order valence-electron chi connectivity index (χ3n) is 3.88. The van der Waals surface area contributed by atoms with Crippen LogP contribution in [0.25, 0.3) is 0 Å². The zero-order valence-electron chi connectivity index (χ0n) is 15.3. The molecule has 8 nitrogen and oxygen atoms in total. The molecule has 2 amide bonds. The molecule has 0 spiro atoms. The van der Waals surface area contributed by atoms with E-state index in [1.807, 2.05) is 32.0 Å². The molecule has 0 saturated carbocycles. The molecule has 2 aromatic carbocycles. The van der Waals surface area contributed by atoms with E-state index in [1.54, 1.807) is 0 Å². The van der Waals surface area contributed by atoms with Gasteiger partial charge in [0.2, 0.25) is 5.91 Å². The summed E-state index contributed by atoms with van der Waals surface area (Å²) in [7, 11) is 0. The van der Waals surface area contributed by atoms with Crippen molar-refractivity contribution >= 4 is 23.2 Å². The van der Waals surface area contributed by atoms with E-state index in [0.29, 0.717) is 0 Å². The predicted octanol–water partition coefficient (Wildman–Crippen LogP) is 2.73. The molecule has 2 rings (SSSR count). The van der Waals surface area contributed by atoms with E-state index < -0.39 is 16.9 Å². The maximum Gasteiger partial charge on any atom is 0.273 e. The van der Waals surface area contributed by atoms with Gasteiger partial charge in [0.25, 0.3) is 11.6 Å². The average molecular weight is 371 g/mol. The number of ether oxygens (including phenoxy) is 1. The number of anilines is 1. The zero-order chi connectivity index (χ0) is 20.0. The lowest BCUT2D eigenvalue weighted by molar-refractivity contribution is -0.384. The van der Waals surface area contributed by atoms with Gasteiger partial charge in [0.05, 0.1) is 17.5 Å². The van der Waals surface area contributed by atoms with Gasteiger partial charge in [-0.1, -0.05) is 24.3 Å². The maximum absolute atomic E-state index is 12.1. The molecule has 0 radical (unpaired) electrons. The fourth-order valence-electron chi connectivity index (χ4n) is 2.43. The fourth-order valence-corrected chi connectivity index (χ4v) is 2.43. The number of hydrogen-bond donors (Lipinski definition) is 2. The first-order valence-electron chi connectivity index (χ1n) is 8.33. The Morgan fingerprint density at radius 2 is 1.78 bits per heavy atom. The third-order valence-corrected chi connectivity index (χ3v) is 3.88. The molecule has 2 aromatic rings. The number of benzene rings is 2. The highest BCUT2D eigenvalue weighted by atomic mass is 16.6. The largest absolute Gasteiger partial charge is 0.481 e. The number of nitro groups is 1. The predicted molar refractivity (Wildman–Crippen MR) is 101 cm³/mol. The second-order valence-corrected chi connectivity index (χ2v) is 6.05. The van der Waals surface area contributed by atoms with Crippen molar-refractivity contribution in [3.8, 4) is 5.75 Å². The number of nitrogens with zero attached hydrogens (tertiary/aromatic N) is 1. The Labute approximate surface area is 156 Å². The van der Waals surface area contributed by atoms with Crippen molar-refractivity contribution in [3.63, 3.8) is 0 Å². The van der Waals surface area contributed by atoms with Gasteiger partial charge in [0.1, 0.15) is 5.75 Å². The third kappa shape index (κ3) is 5.53. The topological polar surface area (TPSA) is 111 Å². The first kappa shape index (κ1) is 19.9. The van der Waals surface area contributed by atoms with Gasteiger partial charge in [-0.2, -0.15) is 0 Å². The van der Waals surface area contributed by atoms with Crippen LogP contribution in [-0.2, 0) is 9.59 Å². The molecule has 8 heteroatoms. The smallest absolute Gasteiger partial charge is 0.273 e. The van der Waals surface area contributed by atoms with Crippen molar-refractivity contribution < 1.29 is 19.2 Å². The highest BCUT2D eigenvalue weighted by Crippen LogP contribution is 2.20. The highest BCUT2D eigenvalue weighted by molar-refractivity contribution is 5.96. The minimum Gasteiger partial charge on any atom is -0.481 e. The Balaban J connectivity index is 1.88. The Kier molecular flexibility index (Phi) is 6.48. The first-order chi connectivity index (χ1) is 12.8. The SMILES string of the molecule is Cc1cccc(C)c1NC(=O)CNC(=O)[C@@H](C)Oc1cccc([N+](=O)[O-])c1. The van der Waals surface area contributed by atoms with Crippen molar-refractivity contribution in [1.82, 2.24) is 5.32 Å². The molecule has 0 aliphatic heterocycles. The van der Waals surface area contributed by atoms with Gasteiger partial charge in [-0.15, -0.1) is 0 Å². The molecule has 0 heterocycles. The number of amides is 2. The Morgan fingerprint density at radius 3 is 2.41 bits per heavy atom. The van der Waals surface area contributed by atoms with Gasteiger partial charge in [0, 0.05) is 11.8 Å². The van der Waals surface area contributed by atoms with Crippen LogP contribution in [0.15, 0.2) is 42.5 Å². The van der Waals surface area contributed by atoms with E-state index in [9.17, 15) is 19.7 Å². The summed E-state index contributed by atoms with van der Waals surface area (Å²) >= 11 is 0. The molecule has 0 aromatic heterocycles. The van der Waals surface area contributed by atoms with Crippen LogP contribution in [-0.4, -0.2) is 29.4 Å². The Bertz CT molecular complexity index is 846. The van der Waals surface area contributed by atoms with Crippen LogP contribution in [0.1, 0.15) is 18.1 Å². The summed E-state index contributed by atoms with van der Waals surface area (Å²) in [6.07, 6.45) is -0.917. The summed E-state index contributed by atoms with van der Waals surface area (Å²) in [5.74, 6) is -0.659. The van der Waals surface area contributed by atoms with Gasteiger partial charge >= 0.3 is 0 Å². The standard InChI is InChI=1S/C19H21N3O5/c1-12-6-4-7-13(2)18(12)21-17(23)11-20-19(24)14(3)27-16-9-5-8-15(10-16)22(25)26/h4-10,14H,11H2,1-3H3,(H,20,24)(H,21,23)/t14-/m1/s1. The number of nitrogens with one attached hydrogen (secondary N) is 2.